The number of aliphatic hydroxyl groups excluding tert-OH is 1. The highest BCUT2D eigenvalue weighted by atomic mass is 16.6. The highest BCUT2D eigenvalue weighted by Crippen LogP contribution is 2.31. The van der Waals surface area contributed by atoms with Crippen molar-refractivity contribution in [2.75, 3.05) is 24.5 Å². The first kappa shape index (κ1) is 18.2. The fraction of sp³-hybridized carbons (Fsp3) is 0.588. The molecule has 1 aliphatic heterocycles. The Morgan fingerprint density at radius 1 is 1.38 bits per heavy atom. The normalized spacial score (nSPS) is 16.7. The molecule has 1 fully saturated rings. The van der Waals surface area contributed by atoms with E-state index in [9.17, 15) is 20.0 Å². The van der Waals surface area contributed by atoms with Crippen LogP contribution < -0.4 is 10.2 Å². The maximum Gasteiger partial charge on any atom is 0.293 e. The second-order valence-electron chi connectivity index (χ2n) is 6.55. The monoisotopic (exact) mass is 335 g/mol. The van der Waals surface area contributed by atoms with Gasteiger partial charge in [0.2, 0.25) is 0 Å². The number of hydrogen-bond donors (Lipinski definition) is 2. The molecule has 2 N–H and O–H groups in total. The second kappa shape index (κ2) is 8.10. The van der Waals surface area contributed by atoms with Gasteiger partial charge in [0.15, 0.2) is 0 Å². The summed E-state index contributed by atoms with van der Waals surface area (Å²) < 4.78 is 0. The molecule has 0 saturated carbocycles. The minimum atomic E-state index is -0.430. The van der Waals surface area contributed by atoms with E-state index in [0.29, 0.717) is 18.7 Å². The average molecular weight is 335 g/mol. The van der Waals surface area contributed by atoms with E-state index in [4.69, 9.17) is 0 Å². The third-order valence-electron chi connectivity index (χ3n) is 4.24. The first-order valence-corrected chi connectivity index (χ1v) is 8.38. The Morgan fingerprint density at radius 3 is 2.62 bits per heavy atom. The van der Waals surface area contributed by atoms with Crippen LogP contribution in [0.1, 0.15) is 43.5 Å². The van der Waals surface area contributed by atoms with E-state index in [0.717, 1.165) is 25.9 Å². The van der Waals surface area contributed by atoms with E-state index >= 15 is 0 Å². The number of carbonyl (C=O) groups excluding carboxylic acids is 1. The SMILES string of the molecule is C[C@@H](CNC(=O)c1ccc(N2CCCC2)c([N+](=O)[O-])c1)C[C@@H](C)O. The number of benzene rings is 1. The van der Waals surface area contributed by atoms with Gasteiger partial charge in [-0.2, -0.15) is 0 Å². The molecule has 1 aliphatic rings. The third kappa shape index (κ3) is 4.67. The van der Waals surface area contributed by atoms with Crippen LogP contribution in [0.25, 0.3) is 0 Å². The lowest BCUT2D eigenvalue weighted by atomic mass is 10.0. The Labute approximate surface area is 141 Å². The van der Waals surface area contributed by atoms with Gasteiger partial charge < -0.3 is 15.3 Å². The summed E-state index contributed by atoms with van der Waals surface area (Å²) in [6, 6.07) is 4.65. The van der Waals surface area contributed by atoms with E-state index in [-0.39, 0.29) is 23.1 Å². The number of nitro groups is 1. The van der Waals surface area contributed by atoms with Crippen LogP contribution in [0.5, 0.6) is 0 Å². The van der Waals surface area contributed by atoms with E-state index in [1.807, 2.05) is 11.8 Å². The summed E-state index contributed by atoms with van der Waals surface area (Å²) in [6.45, 7) is 5.68. The number of carbonyl (C=O) groups is 1. The predicted octanol–water partition coefficient (Wildman–Crippen LogP) is 2.33. The van der Waals surface area contributed by atoms with Crippen molar-refractivity contribution in [3.05, 3.63) is 33.9 Å². The summed E-state index contributed by atoms with van der Waals surface area (Å²) in [5.74, 6) is -0.198. The molecule has 0 radical (unpaired) electrons. The number of rotatable bonds is 7. The quantitative estimate of drug-likeness (QED) is 0.589. The lowest BCUT2D eigenvalue weighted by molar-refractivity contribution is -0.384. The molecule has 24 heavy (non-hydrogen) atoms. The summed E-state index contributed by atoms with van der Waals surface area (Å²) in [5.41, 5.74) is 0.840. The lowest BCUT2D eigenvalue weighted by Gasteiger charge is -2.18. The number of amides is 1. The topological polar surface area (TPSA) is 95.7 Å². The van der Waals surface area contributed by atoms with Gasteiger partial charge in [0.25, 0.3) is 11.6 Å². The molecule has 7 nitrogen and oxygen atoms in total. The summed E-state index contributed by atoms with van der Waals surface area (Å²) in [5, 5.41) is 23.5. The van der Waals surface area contributed by atoms with Crippen LogP contribution >= 0.6 is 0 Å². The molecule has 132 valence electrons. The fourth-order valence-electron chi connectivity index (χ4n) is 3.07. The number of nitro benzene ring substituents is 1. The molecule has 2 atom stereocenters. The van der Waals surface area contributed by atoms with Crippen LogP contribution in [0.3, 0.4) is 0 Å². The highest BCUT2D eigenvalue weighted by Gasteiger charge is 2.23. The van der Waals surface area contributed by atoms with Crippen LogP contribution in [0.2, 0.25) is 0 Å². The van der Waals surface area contributed by atoms with Gasteiger partial charge in [-0.05, 0) is 44.2 Å². The predicted molar refractivity (Wildman–Crippen MR) is 92.3 cm³/mol. The van der Waals surface area contributed by atoms with Gasteiger partial charge in [-0.1, -0.05) is 6.92 Å². The Bertz CT molecular complexity index is 597. The third-order valence-corrected chi connectivity index (χ3v) is 4.24. The van der Waals surface area contributed by atoms with Crippen molar-refractivity contribution >= 4 is 17.3 Å². The van der Waals surface area contributed by atoms with Gasteiger partial charge >= 0.3 is 0 Å². The Balaban J connectivity index is 2.08. The van der Waals surface area contributed by atoms with Crippen LogP contribution in [-0.4, -0.2) is 41.7 Å². The lowest BCUT2D eigenvalue weighted by Crippen LogP contribution is -2.29. The molecule has 2 rings (SSSR count). The van der Waals surface area contributed by atoms with Crippen molar-refractivity contribution in [2.24, 2.45) is 5.92 Å². The number of hydrogen-bond acceptors (Lipinski definition) is 5. The zero-order chi connectivity index (χ0) is 17.7. The Hall–Kier alpha value is -2.15. The number of aliphatic hydroxyl groups is 1. The minimum absolute atomic E-state index is 0.0263. The maximum absolute atomic E-state index is 12.2. The molecule has 7 heteroatoms. The van der Waals surface area contributed by atoms with Crippen LogP contribution in [0, 0.1) is 16.0 Å². The summed E-state index contributed by atoms with van der Waals surface area (Å²) in [6.07, 6.45) is 2.23. The van der Waals surface area contributed by atoms with E-state index in [2.05, 4.69) is 5.32 Å². The highest BCUT2D eigenvalue weighted by molar-refractivity contribution is 5.95. The average Bonchev–Trinajstić information content (AvgIpc) is 3.05. The molecular weight excluding hydrogens is 310 g/mol. The van der Waals surface area contributed by atoms with E-state index in [1.54, 1.807) is 19.1 Å². The van der Waals surface area contributed by atoms with Crippen molar-refractivity contribution in [3.8, 4) is 0 Å². The molecule has 1 amide bonds. The Morgan fingerprint density at radius 2 is 2.04 bits per heavy atom. The first-order chi connectivity index (χ1) is 11.4. The molecule has 0 unspecified atom stereocenters. The summed E-state index contributed by atoms with van der Waals surface area (Å²) in [7, 11) is 0. The van der Waals surface area contributed by atoms with Gasteiger partial charge in [0, 0.05) is 31.3 Å². The minimum Gasteiger partial charge on any atom is -0.393 e. The summed E-state index contributed by atoms with van der Waals surface area (Å²) >= 11 is 0. The van der Waals surface area contributed by atoms with Gasteiger partial charge in [-0.3, -0.25) is 14.9 Å². The molecule has 1 heterocycles. The zero-order valence-electron chi connectivity index (χ0n) is 14.2. The maximum atomic E-state index is 12.2. The van der Waals surface area contributed by atoms with Crippen molar-refractivity contribution < 1.29 is 14.8 Å². The van der Waals surface area contributed by atoms with Crippen LogP contribution in [0.15, 0.2) is 18.2 Å². The first-order valence-electron chi connectivity index (χ1n) is 8.38. The van der Waals surface area contributed by atoms with Crippen molar-refractivity contribution in [2.45, 2.75) is 39.2 Å². The standard InChI is InChI=1S/C17H25N3O4/c1-12(9-13(2)21)11-18-17(22)14-5-6-15(16(10-14)20(23)24)19-7-3-4-8-19/h5-6,10,12-13,21H,3-4,7-9,11H2,1-2H3,(H,18,22)/t12-,13-/m1/s1. The fourth-order valence-corrected chi connectivity index (χ4v) is 3.07. The van der Waals surface area contributed by atoms with Gasteiger partial charge in [-0.15, -0.1) is 0 Å². The smallest absolute Gasteiger partial charge is 0.293 e. The Kier molecular flexibility index (Phi) is 6.14. The van der Waals surface area contributed by atoms with E-state index in [1.165, 1.54) is 6.07 Å². The molecule has 0 aromatic heterocycles. The second-order valence-corrected chi connectivity index (χ2v) is 6.55. The summed E-state index contributed by atoms with van der Waals surface area (Å²) in [4.78, 5) is 25.2. The number of nitrogens with zero attached hydrogens (tertiary/aromatic N) is 2. The molecule has 0 bridgehead atoms. The van der Waals surface area contributed by atoms with Crippen molar-refractivity contribution in [1.29, 1.82) is 0 Å². The molecular formula is C17H25N3O4. The van der Waals surface area contributed by atoms with Gasteiger partial charge in [0.05, 0.1) is 11.0 Å². The van der Waals surface area contributed by atoms with Crippen LogP contribution in [0.4, 0.5) is 11.4 Å². The van der Waals surface area contributed by atoms with Crippen molar-refractivity contribution in [1.82, 2.24) is 5.32 Å². The molecule has 1 saturated heterocycles. The number of anilines is 1. The molecule has 1 aromatic rings. The van der Waals surface area contributed by atoms with Crippen LogP contribution in [-0.2, 0) is 0 Å². The van der Waals surface area contributed by atoms with Gasteiger partial charge in [-0.25, -0.2) is 0 Å². The largest absolute Gasteiger partial charge is 0.393 e. The van der Waals surface area contributed by atoms with E-state index < -0.39 is 11.0 Å². The zero-order valence-corrected chi connectivity index (χ0v) is 14.2. The molecule has 0 spiro atoms. The van der Waals surface area contributed by atoms with Crippen molar-refractivity contribution in [3.63, 3.8) is 0 Å². The molecule has 1 aromatic carbocycles. The number of nitrogens with one attached hydrogen (secondary N) is 1. The van der Waals surface area contributed by atoms with Gasteiger partial charge in [0.1, 0.15) is 5.69 Å². The molecule has 0 aliphatic carbocycles.